The number of amides is 1. The molecule has 0 saturated carbocycles. The van der Waals surface area contributed by atoms with E-state index in [4.69, 9.17) is 4.74 Å². The standard InChI is InChI=1S/C25H38N6O2/c1-4-31-10-5-6-22(31)13-28-25(32)21-12-20(18-33-23-8-7-19(2)27-14-23)15-30(16-21)17-24-26-9-11-29(24)3/h7-9,11,14,20-22H,4-6,10,12-13,15-18H2,1-3H3,(H,28,32)/t20-,21+,22?/m0/s1. The van der Waals surface area contributed by atoms with E-state index in [2.05, 4.69) is 32.0 Å². The molecule has 3 atom stereocenters. The van der Waals surface area contributed by atoms with E-state index in [-0.39, 0.29) is 17.7 Å². The molecule has 8 nitrogen and oxygen atoms in total. The summed E-state index contributed by atoms with van der Waals surface area (Å²) in [6.45, 7) is 10.1. The SMILES string of the molecule is CCN1CCCC1CNC(=O)[C@@H]1C[C@H](COc2ccc(C)nc2)CN(Cc2nccn2C)C1. The quantitative estimate of drug-likeness (QED) is 0.626. The number of carbonyl (C=O) groups excluding carboxylic acids is 1. The molecule has 0 aliphatic carbocycles. The molecule has 2 fully saturated rings. The van der Waals surface area contributed by atoms with Gasteiger partial charge in [0.2, 0.25) is 5.91 Å². The van der Waals surface area contributed by atoms with Gasteiger partial charge >= 0.3 is 0 Å². The van der Waals surface area contributed by atoms with Crippen LogP contribution >= 0.6 is 0 Å². The molecule has 0 bridgehead atoms. The van der Waals surface area contributed by atoms with Crippen molar-refractivity contribution in [1.29, 1.82) is 0 Å². The number of pyridine rings is 1. The zero-order chi connectivity index (χ0) is 23.2. The second kappa shape index (κ2) is 11.1. The number of piperidine rings is 1. The van der Waals surface area contributed by atoms with Crippen LogP contribution in [0.5, 0.6) is 5.75 Å². The summed E-state index contributed by atoms with van der Waals surface area (Å²) < 4.78 is 8.11. The van der Waals surface area contributed by atoms with Gasteiger partial charge in [0.25, 0.3) is 0 Å². The van der Waals surface area contributed by atoms with Gasteiger partial charge in [-0.15, -0.1) is 0 Å². The van der Waals surface area contributed by atoms with E-state index < -0.39 is 0 Å². The molecule has 1 amide bonds. The molecule has 33 heavy (non-hydrogen) atoms. The molecule has 0 radical (unpaired) electrons. The Hall–Kier alpha value is -2.45. The lowest BCUT2D eigenvalue weighted by Gasteiger charge is -2.37. The normalized spacial score (nSPS) is 24.2. The molecular formula is C25H38N6O2. The lowest BCUT2D eigenvalue weighted by atomic mass is 9.88. The lowest BCUT2D eigenvalue weighted by Crippen LogP contribution is -2.49. The number of imidazole rings is 1. The molecule has 180 valence electrons. The fraction of sp³-hybridized carbons (Fsp3) is 0.640. The fourth-order valence-corrected chi connectivity index (χ4v) is 5.15. The van der Waals surface area contributed by atoms with Gasteiger partial charge < -0.3 is 14.6 Å². The van der Waals surface area contributed by atoms with Crippen LogP contribution in [0.4, 0.5) is 0 Å². The highest BCUT2D eigenvalue weighted by Gasteiger charge is 2.33. The first-order valence-corrected chi connectivity index (χ1v) is 12.3. The van der Waals surface area contributed by atoms with Crippen LogP contribution in [-0.2, 0) is 18.4 Å². The van der Waals surface area contributed by atoms with Crippen molar-refractivity contribution in [2.75, 3.05) is 39.3 Å². The van der Waals surface area contributed by atoms with E-state index in [1.807, 2.05) is 43.1 Å². The maximum Gasteiger partial charge on any atom is 0.224 e. The number of hydrogen-bond donors (Lipinski definition) is 1. The average molecular weight is 455 g/mol. The zero-order valence-corrected chi connectivity index (χ0v) is 20.2. The third-order valence-electron chi connectivity index (χ3n) is 7.06. The minimum Gasteiger partial charge on any atom is -0.492 e. The summed E-state index contributed by atoms with van der Waals surface area (Å²) in [5.74, 6) is 2.20. The second-order valence-corrected chi connectivity index (χ2v) is 9.56. The first kappa shape index (κ1) is 23.7. The van der Waals surface area contributed by atoms with Gasteiger partial charge in [-0.1, -0.05) is 6.92 Å². The van der Waals surface area contributed by atoms with Crippen molar-refractivity contribution in [1.82, 2.24) is 29.7 Å². The molecule has 8 heteroatoms. The topological polar surface area (TPSA) is 75.5 Å². The Balaban J connectivity index is 1.37. The van der Waals surface area contributed by atoms with E-state index in [0.717, 1.165) is 63.0 Å². The van der Waals surface area contributed by atoms with Crippen molar-refractivity contribution in [3.8, 4) is 5.75 Å². The molecule has 1 N–H and O–H groups in total. The van der Waals surface area contributed by atoms with Gasteiger partial charge in [-0.2, -0.15) is 0 Å². The van der Waals surface area contributed by atoms with Crippen molar-refractivity contribution in [3.63, 3.8) is 0 Å². The maximum absolute atomic E-state index is 13.2. The Morgan fingerprint density at radius 2 is 2.15 bits per heavy atom. The average Bonchev–Trinajstić information content (AvgIpc) is 3.45. The van der Waals surface area contributed by atoms with E-state index in [0.29, 0.717) is 12.6 Å². The summed E-state index contributed by atoms with van der Waals surface area (Å²) in [6, 6.07) is 4.39. The van der Waals surface area contributed by atoms with Crippen molar-refractivity contribution < 1.29 is 9.53 Å². The lowest BCUT2D eigenvalue weighted by molar-refractivity contribution is -0.128. The molecule has 2 aromatic heterocycles. The van der Waals surface area contributed by atoms with Crippen LogP contribution < -0.4 is 10.1 Å². The van der Waals surface area contributed by atoms with Crippen molar-refractivity contribution >= 4 is 5.91 Å². The number of likely N-dealkylation sites (tertiary alicyclic amines) is 2. The molecule has 2 saturated heterocycles. The number of likely N-dealkylation sites (N-methyl/N-ethyl adjacent to an activating group) is 1. The third-order valence-corrected chi connectivity index (χ3v) is 7.06. The molecule has 1 unspecified atom stereocenters. The Labute approximate surface area is 197 Å². The summed E-state index contributed by atoms with van der Waals surface area (Å²) >= 11 is 0. The Morgan fingerprint density at radius 1 is 1.27 bits per heavy atom. The van der Waals surface area contributed by atoms with Gasteiger partial charge in [0.05, 0.1) is 25.3 Å². The van der Waals surface area contributed by atoms with Crippen LogP contribution in [0.25, 0.3) is 0 Å². The summed E-state index contributed by atoms with van der Waals surface area (Å²) in [7, 11) is 2.02. The number of nitrogens with zero attached hydrogens (tertiary/aromatic N) is 5. The number of nitrogens with one attached hydrogen (secondary N) is 1. The smallest absolute Gasteiger partial charge is 0.224 e. The number of aromatic nitrogens is 3. The van der Waals surface area contributed by atoms with E-state index >= 15 is 0 Å². The highest BCUT2D eigenvalue weighted by molar-refractivity contribution is 5.79. The van der Waals surface area contributed by atoms with Crippen molar-refractivity contribution in [2.24, 2.45) is 18.9 Å². The summed E-state index contributed by atoms with van der Waals surface area (Å²) in [6.07, 6.45) is 8.80. The summed E-state index contributed by atoms with van der Waals surface area (Å²) in [5.41, 5.74) is 0.974. The summed E-state index contributed by atoms with van der Waals surface area (Å²) in [4.78, 5) is 26.8. The van der Waals surface area contributed by atoms with Gasteiger partial charge in [0.15, 0.2) is 0 Å². The van der Waals surface area contributed by atoms with Crippen LogP contribution in [0.2, 0.25) is 0 Å². The molecule has 0 spiro atoms. The van der Waals surface area contributed by atoms with Crippen LogP contribution in [0.1, 0.15) is 37.7 Å². The van der Waals surface area contributed by atoms with Gasteiger partial charge in [0.1, 0.15) is 11.6 Å². The van der Waals surface area contributed by atoms with Crippen LogP contribution in [0.15, 0.2) is 30.7 Å². The number of rotatable bonds is 9. The first-order chi connectivity index (χ1) is 16.0. The maximum atomic E-state index is 13.2. The summed E-state index contributed by atoms with van der Waals surface area (Å²) in [5, 5.41) is 3.27. The van der Waals surface area contributed by atoms with Gasteiger partial charge in [0, 0.05) is 56.7 Å². The Bertz CT molecular complexity index is 899. The van der Waals surface area contributed by atoms with E-state index in [9.17, 15) is 4.79 Å². The van der Waals surface area contributed by atoms with Gasteiger partial charge in [-0.3, -0.25) is 19.6 Å². The minimum atomic E-state index is -0.0414. The molecule has 2 aliphatic heterocycles. The number of ether oxygens (including phenoxy) is 1. The molecule has 2 aromatic rings. The van der Waals surface area contributed by atoms with Crippen LogP contribution in [0.3, 0.4) is 0 Å². The number of carbonyl (C=O) groups is 1. The predicted octanol–water partition coefficient (Wildman–Crippen LogP) is 2.24. The fourth-order valence-electron chi connectivity index (χ4n) is 5.15. The molecule has 4 rings (SSSR count). The van der Waals surface area contributed by atoms with E-state index in [1.54, 1.807) is 6.20 Å². The van der Waals surface area contributed by atoms with Gasteiger partial charge in [-0.05, 0) is 51.4 Å². The third kappa shape index (κ3) is 6.32. The van der Waals surface area contributed by atoms with Crippen molar-refractivity contribution in [3.05, 3.63) is 42.2 Å². The number of hydrogen-bond acceptors (Lipinski definition) is 6. The molecule has 2 aliphatic rings. The van der Waals surface area contributed by atoms with Crippen LogP contribution in [-0.4, -0.2) is 75.6 Å². The molecular weight excluding hydrogens is 416 g/mol. The predicted molar refractivity (Wildman–Crippen MR) is 128 cm³/mol. The zero-order valence-electron chi connectivity index (χ0n) is 20.2. The Kier molecular flexibility index (Phi) is 7.98. The second-order valence-electron chi connectivity index (χ2n) is 9.56. The van der Waals surface area contributed by atoms with Gasteiger partial charge in [-0.25, -0.2) is 4.98 Å². The molecule has 4 heterocycles. The van der Waals surface area contributed by atoms with Crippen molar-refractivity contribution in [2.45, 2.75) is 45.7 Å². The highest BCUT2D eigenvalue weighted by Crippen LogP contribution is 2.25. The number of aryl methyl sites for hydroxylation is 2. The first-order valence-electron chi connectivity index (χ1n) is 12.3. The van der Waals surface area contributed by atoms with E-state index in [1.165, 1.54) is 12.8 Å². The highest BCUT2D eigenvalue weighted by atomic mass is 16.5. The van der Waals surface area contributed by atoms with Crippen LogP contribution in [0, 0.1) is 18.8 Å². The Morgan fingerprint density at radius 3 is 2.88 bits per heavy atom. The minimum absolute atomic E-state index is 0.0414. The molecule has 0 aromatic carbocycles. The largest absolute Gasteiger partial charge is 0.492 e. The monoisotopic (exact) mass is 454 g/mol.